The molecule has 37 heavy (non-hydrogen) atoms. The van der Waals surface area contributed by atoms with Crippen LogP contribution in [0.15, 0.2) is 60.7 Å². The van der Waals surface area contributed by atoms with E-state index in [0.29, 0.717) is 11.3 Å². The van der Waals surface area contributed by atoms with Crippen LogP contribution in [-0.4, -0.2) is 53.2 Å². The van der Waals surface area contributed by atoms with Gasteiger partial charge < -0.3 is 25.4 Å². The van der Waals surface area contributed by atoms with Crippen molar-refractivity contribution in [2.45, 2.75) is 46.3 Å². The van der Waals surface area contributed by atoms with Gasteiger partial charge in [-0.2, -0.15) is 0 Å². The van der Waals surface area contributed by atoms with Crippen LogP contribution in [0.4, 0.5) is 10.5 Å². The quantitative estimate of drug-likeness (QED) is 0.418. The van der Waals surface area contributed by atoms with Crippen molar-refractivity contribution in [3.05, 3.63) is 77.4 Å². The van der Waals surface area contributed by atoms with E-state index in [1.807, 2.05) is 68.4 Å². The van der Waals surface area contributed by atoms with E-state index < -0.39 is 29.6 Å². The summed E-state index contributed by atoms with van der Waals surface area (Å²) in [4.78, 5) is 40.4. The Bertz CT molecular complexity index is 1260. The topological polar surface area (TPSA) is 108 Å². The first-order valence-corrected chi connectivity index (χ1v) is 12.2. The number of aliphatic hydroxyl groups is 1. The molecule has 0 aromatic heterocycles. The van der Waals surface area contributed by atoms with Crippen molar-refractivity contribution in [3.63, 3.8) is 0 Å². The van der Waals surface area contributed by atoms with Crippen LogP contribution < -0.4 is 10.6 Å². The van der Waals surface area contributed by atoms with Crippen molar-refractivity contribution < 1.29 is 24.2 Å². The molecule has 0 aliphatic carbocycles. The van der Waals surface area contributed by atoms with Crippen molar-refractivity contribution >= 4 is 34.4 Å². The molecule has 8 heteroatoms. The molecular formula is C29H35N3O5. The molecule has 0 fully saturated rings. The minimum atomic E-state index is -1.04. The Morgan fingerprint density at radius 3 is 2.22 bits per heavy atom. The number of aryl methyl sites for hydroxylation is 2. The molecule has 0 bridgehead atoms. The molecule has 0 spiro atoms. The van der Waals surface area contributed by atoms with Crippen LogP contribution in [0.1, 0.15) is 43.5 Å². The van der Waals surface area contributed by atoms with Gasteiger partial charge in [0.05, 0.1) is 6.61 Å². The molecule has 0 saturated heterocycles. The van der Waals surface area contributed by atoms with Gasteiger partial charge >= 0.3 is 6.09 Å². The highest BCUT2D eigenvalue weighted by Gasteiger charge is 2.32. The van der Waals surface area contributed by atoms with Crippen LogP contribution in [-0.2, 0) is 14.3 Å². The van der Waals surface area contributed by atoms with Crippen LogP contribution in [0, 0.1) is 13.8 Å². The summed E-state index contributed by atoms with van der Waals surface area (Å²) in [7, 11) is 0. The second-order valence-corrected chi connectivity index (χ2v) is 10.0. The minimum Gasteiger partial charge on any atom is -0.444 e. The van der Waals surface area contributed by atoms with Gasteiger partial charge in [0.2, 0.25) is 5.91 Å². The van der Waals surface area contributed by atoms with E-state index in [2.05, 4.69) is 10.6 Å². The van der Waals surface area contributed by atoms with Gasteiger partial charge in [0.1, 0.15) is 18.2 Å². The monoisotopic (exact) mass is 505 g/mol. The van der Waals surface area contributed by atoms with E-state index in [0.717, 1.165) is 21.9 Å². The number of anilines is 1. The lowest BCUT2D eigenvalue weighted by atomic mass is 9.99. The number of amides is 3. The van der Waals surface area contributed by atoms with E-state index >= 15 is 0 Å². The number of rotatable bonds is 8. The van der Waals surface area contributed by atoms with Crippen molar-refractivity contribution in [3.8, 4) is 0 Å². The fourth-order valence-corrected chi connectivity index (χ4v) is 4.19. The molecule has 3 amide bonds. The predicted molar refractivity (Wildman–Crippen MR) is 144 cm³/mol. The highest BCUT2D eigenvalue weighted by molar-refractivity contribution is 6.00. The third-order valence-electron chi connectivity index (χ3n) is 5.58. The molecule has 8 nitrogen and oxygen atoms in total. The number of alkyl carbamates (subject to hydrolysis) is 1. The summed E-state index contributed by atoms with van der Waals surface area (Å²) >= 11 is 0. The summed E-state index contributed by atoms with van der Waals surface area (Å²) in [5.41, 5.74) is 2.33. The average Bonchev–Trinajstić information content (AvgIpc) is 2.80. The van der Waals surface area contributed by atoms with Crippen LogP contribution in [0.2, 0.25) is 0 Å². The third-order valence-corrected chi connectivity index (χ3v) is 5.58. The number of aliphatic hydroxyl groups excluding tert-OH is 1. The lowest BCUT2D eigenvalue weighted by molar-refractivity contribution is -0.138. The summed E-state index contributed by atoms with van der Waals surface area (Å²) in [6.45, 7) is 8.15. The second kappa shape index (κ2) is 11.9. The Labute approximate surface area is 217 Å². The lowest BCUT2D eigenvalue weighted by Crippen LogP contribution is -2.47. The maximum atomic E-state index is 13.7. The second-order valence-electron chi connectivity index (χ2n) is 10.0. The highest BCUT2D eigenvalue weighted by Crippen LogP contribution is 2.26. The molecule has 1 unspecified atom stereocenters. The molecule has 3 rings (SSSR count). The van der Waals surface area contributed by atoms with E-state index in [-0.39, 0.29) is 19.7 Å². The van der Waals surface area contributed by atoms with Crippen LogP contribution in [0.3, 0.4) is 0 Å². The molecular weight excluding hydrogens is 470 g/mol. The van der Waals surface area contributed by atoms with Crippen molar-refractivity contribution in [1.29, 1.82) is 0 Å². The van der Waals surface area contributed by atoms with E-state index in [4.69, 9.17) is 4.74 Å². The molecule has 0 heterocycles. The molecule has 3 aromatic carbocycles. The van der Waals surface area contributed by atoms with E-state index in [9.17, 15) is 19.5 Å². The maximum Gasteiger partial charge on any atom is 0.408 e. The summed E-state index contributed by atoms with van der Waals surface area (Å²) in [5, 5.41) is 17.2. The first-order chi connectivity index (χ1) is 17.5. The number of nitrogens with one attached hydrogen (secondary N) is 2. The number of fused-ring (bicyclic) bond motifs is 1. The fraction of sp³-hybridized carbons (Fsp3) is 0.345. The number of benzene rings is 3. The Morgan fingerprint density at radius 1 is 0.946 bits per heavy atom. The zero-order valence-corrected chi connectivity index (χ0v) is 22.0. The van der Waals surface area contributed by atoms with Gasteiger partial charge in [-0.1, -0.05) is 59.7 Å². The Balaban J connectivity index is 1.92. The molecule has 3 N–H and O–H groups in total. The Hall–Kier alpha value is -3.91. The number of ether oxygens (including phenoxy) is 1. The lowest BCUT2D eigenvalue weighted by Gasteiger charge is -2.31. The van der Waals surface area contributed by atoms with Gasteiger partial charge in [-0.25, -0.2) is 4.79 Å². The van der Waals surface area contributed by atoms with Crippen molar-refractivity contribution in [2.75, 3.05) is 25.0 Å². The van der Waals surface area contributed by atoms with Crippen molar-refractivity contribution in [1.82, 2.24) is 10.2 Å². The normalized spacial score (nSPS) is 12.1. The smallest absolute Gasteiger partial charge is 0.408 e. The van der Waals surface area contributed by atoms with Gasteiger partial charge in [-0.05, 0) is 63.1 Å². The highest BCUT2D eigenvalue weighted by atomic mass is 16.6. The molecule has 0 saturated carbocycles. The van der Waals surface area contributed by atoms with E-state index in [1.54, 1.807) is 26.8 Å². The van der Waals surface area contributed by atoms with Gasteiger partial charge in [0, 0.05) is 12.2 Å². The molecule has 0 aliphatic heterocycles. The number of hydrogen-bond acceptors (Lipinski definition) is 5. The molecule has 0 aliphatic rings. The summed E-state index contributed by atoms with van der Waals surface area (Å²) in [5.74, 6) is -0.961. The minimum absolute atomic E-state index is 0.0996. The third kappa shape index (κ3) is 7.79. The molecule has 196 valence electrons. The average molecular weight is 506 g/mol. The zero-order valence-electron chi connectivity index (χ0n) is 22.0. The van der Waals surface area contributed by atoms with Gasteiger partial charge in [0.25, 0.3) is 5.91 Å². The molecule has 3 aromatic rings. The van der Waals surface area contributed by atoms with Crippen LogP contribution in [0.25, 0.3) is 10.8 Å². The summed E-state index contributed by atoms with van der Waals surface area (Å²) in [6, 6.07) is 18.0. The van der Waals surface area contributed by atoms with Crippen molar-refractivity contribution in [2.24, 2.45) is 0 Å². The first-order valence-electron chi connectivity index (χ1n) is 12.2. The van der Waals surface area contributed by atoms with Crippen LogP contribution in [0.5, 0.6) is 0 Å². The van der Waals surface area contributed by atoms with Crippen LogP contribution >= 0.6 is 0 Å². The number of hydrogen-bond donors (Lipinski definition) is 3. The predicted octanol–water partition coefficient (Wildman–Crippen LogP) is 4.48. The Kier molecular flexibility index (Phi) is 8.89. The maximum absolute atomic E-state index is 13.7. The standard InChI is InChI=1S/C29H35N3O5/c1-19-14-20(2)16-23(15-19)26(27(35)31-24-11-10-21-8-6-7-9-22(21)17-24)32(12-13-33)25(34)18-30-28(36)37-29(3,4)5/h6-11,14-17,26,33H,12-13,18H2,1-5H3,(H,30,36)(H,31,35). The summed E-state index contributed by atoms with van der Waals surface area (Å²) in [6.07, 6.45) is -0.742. The number of carbonyl (C=O) groups excluding carboxylic acids is 3. The van der Waals surface area contributed by atoms with Gasteiger partial charge in [-0.15, -0.1) is 0 Å². The number of nitrogens with zero attached hydrogens (tertiary/aromatic N) is 1. The zero-order chi connectivity index (χ0) is 27.2. The fourth-order valence-electron chi connectivity index (χ4n) is 4.19. The largest absolute Gasteiger partial charge is 0.444 e. The first kappa shape index (κ1) is 27.7. The van der Waals surface area contributed by atoms with Gasteiger partial charge in [0.15, 0.2) is 0 Å². The molecule has 1 atom stereocenters. The SMILES string of the molecule is Cc1cc(C)cc(C(C(=O)Nc2ccc3ccccc3c2)N(CCO)C(=O)CNC(=O)OC(C)(C)C)c1. The number of carbonyl (C=O) groups is 3. The Morgan fingerprint density at radius 2 is 1.59 bits per heavy atom. The molecule has 0 radical (unpaired) electrons. The van der Waals surface area contributed by atoms with Gasteiger partial charge in [-0.3, -0.25) is 9.59 Å². The summed E-state index contributed by atoms with van der Waals surface area (Å²) < 4.78 is 5.22. The van der Waals surface area contributed by atoms with E-state index in [1.165, 1.54) is 4.90 Å².